The molecular weight excluding hydrogens is 250 g/mol. The van der Waals surface area contributed by atoms with Gasteiger partial charge in [0.25, 0.3) is 0 Å². The Labute approximate surface area is 114 Å². The third kappa shape index (κ3) is 3.47. The molecule has 1 aromatic rings. The van der Waals surface area contributed by atoms with E-state index < -0.39 is 0 Å². The zero-order valence-corrected chi connectivity index (χ0v) is 11.4. The van der Waals surface area contributed by atoms with Crippen LogP contribution in [0.15, 0.2) is 30.3 Å². The fourth-order valence-electron chi connectivity index (χ4n) is 2.57. The topological polar surface area (TPSA) is 38.3 Å². The van der Waals surface area contributed by atoms with Gasteiger partial charge in [-0.05, 0) is 37.4 Å². The molecule has 4 heteroatoms. The molecule has 0 radical (unpaired) electrons. The van der Waals surface area contributed by atoms with E-state index in [-0.39, 0.29) is 24.3 Å². The summed E-state index contributed by atoms with van der Waals surface area (Å²) in [6.45, 7) is 1.98. The fourth-order valence-corrected chi connectivity index (χ4v) is 2.57. The Morgan fingerprint density at radius 3 is 2.44 bits per heavy atom. The number of hydrogen-bond acceptors (Lipinski definition) is 3. The molecule has 0 spiro atoms. The van der Waals surface area contributed by atoms with Crippen molar-refractivity contribution in [2.24, 2.45) is 5.92 Å². The van der Waals surface area contributed by atoms with Gasteiger partial charge in [0, 0.05) is 0 Å². The molecule has 0 aliphatic carbocycles. The Bertz CT molecular complexity index is 363. The second-order valence-electron chi connectivity index (χ2n) is 4.50. The second-order valence-corrected chi connectivity index (χ2v) is 4.50. The minimum absolute atomic E-state index is 0. The summed E-state index contributed by atoms with van der Waals surface area (Å²) < 4.78 is 4.96. The number of halogens is 1. The van der Waals surface area contributed by atoms with E-state index in [1.807, 2.05) is 30.3 Å². The third-order valence-electron chi connectivity index (χ3n) is 3.47. The normalized spacial score (nSPS) is 17.6. The number of methoxy groups -OCH3 is 1. The number of ether oxygens (including phenoxy) is 1. The van der Waals surface area contributed by atoms with Crippen LogP contribution in [0.4, 0.5) is 0 Å². The highest BCUT2D eigenvalue weighted by atomic mass is 35.5. The first-order chi connectivity index (χ1) is 8.33. The molecule has 18 heavy (non-hydrogen) atoms. The molecule has 100 valence electrons. The minimum atomic E-state index is -0.108. The van der Waals surface area contributed by atoms with Gasteiger partial charge in [-0.15, -0.1) is 12.4 Å². The highest BCUT2D eigenvalue weighted by molar-refractivity contribution is 5.85. The first kappa shape index (κ1) is 15.0. The number of carbonyl (C=O) groups excluding carboxylic acids is 1. The van der Waals surface area contributed by atoms with Crippen molar-refractivity contribution in [3.8, 4) is 0 Å². The molecule has 0 saturated carbocycles. The van der Waals surface area contributed by atoms with Crippen molar-refractivity contribution in [3.63, 3.8) is 0 Å². The summed E-state index contributed by atoms with van der Waals surface area (Å²) in [5, 5.41) is 3.33. The molecule has 1 N–H and O–H groups in total. The van der Waals surface area contributed by atoms with Gasteiger partial charge in [-0.1, -0.05) is 30.3 Å². The van der Waals surface area contributed by atoms with Gasteiger partial charge in [0.1, 0.15) is 0 Å². The molecule has 1 aliphatic heterocycles. The SMILES string of the molecule is COC(=O)C(c1ccccc1)C1CCNCC1.Cl. The predicted molar refractivity (Wildman–Crippen MR) is 74.0 cm³/mol. The number of carbonyl (C=O) groups is 1. The predicted octanol–water partition coefficient (Wildman–Crippen LogP) is 2.36. The highest BCUT2D eigenvalue weighted by Crippen LogP contribution is 2.31. The van der Waals surface area contributed by atoms with E-state index in [2.05, 4.69) is 5.32 Å². The quantitative estimate of drug-likeness (QED) is 0.856. The van der Waals surface area contributed by atoms with Gasteiger partial charge < -0.3 is 10.1 Å². The lowest BCUT2D eigenvalue weighted by atomic mass is 9.80. The molecule has 1 fully saturated rings. The van der Waals surface area contributed by atoms with Gasteiger partial charge in [0.05, 0.1) is 13.0 Å². The van der Waals surface area contributed by atoms with Crippen LogP contribution in [0.5, 0.6) is 0 Å². The van der Waals surface area contributed by atoms with E-state index >= 15 is 0 Å². The van der Waals surface area contributed by atoms with Gasteiger partial charge in [0.2, 0.25) is 0 Å². The van der Waals surface area contributed by atoms with Gasteiger partial charge in [-0.25, -0.2) is 0 Å². The lowest BCUT2D eigenvalue weighted by Crippen LogP contribution is -2.34. The highest BCUT2D eigenvalue weighted by Gasteiger charge is 2.31. The molecule has 3 nitrogen and oxygen atoms in total. The first-order valence-electron chi connectivity index (χ1n) is 6.16. The van der Waals surface area contributed by atoms with Crippen molar-refractivity contribution in [1.29, 1.82) is 0 Å². The monoisotopic (exact) mass is 269 g/mol. The molecule has 1 saturated heterocycles. The lowest BCUT2D eigenvalue weighted by Gasteiger charge is -2.29. The zero-order chi connectivity index (χ0) is 12.1. The van der Waals surface area contributed by atoms with Crippen LogP contribution in [-0.2, 0) is 9.53 Å². The van der Waals surface area contributed by atoms with Gasteiger partial charge in [0.15, 0.2) is 0 Å². The van der Waals surface area contributed by atoms with Crippen LogP contribution in [0.2, 0.25) is 0 Å². The summed E-state index contributed by atoms with van der Waals surface area (Å²) in [6.07, 6.45) is 2.07. The van der Waals surface area contributed by atoms with Gasteiger partial charge in [-0.2, -0.15) is 0 Å². The van der Waals surface area contributed by atoms with Crippen LogP contribution < -0.4 is 5.32 Å². The van der Waals surface area contributed by atoms with E-state index in [9.17, 15) is 4.79 Å². The van der Waals surface area contributed by atoms with Crippen LogP contribution >= 0.6 is 12.4 Å². The largest absolute Gasteiger partial charge is 0.469 e. The summed E-state index contributed by atoms with van der Waals surface area (Å²) in [5.74, 6) is 0.178. The van der Waals surface area contributed by atoms with Crippen molar-refractivity contribution in [1.82, 2.24) is 5.32 Å². The van der Waals surface area contributed by atoms with Crippen LogP contribution in [0.3, 0.4) is 0 Å². The number of benzene rings is 1. The number of piperidine rings is 1. The maximum Gasteiger partial charge on any atom is 0.313 e. The fraction of sp³-hybridized carbons (Fsp3) is 0.500. The van der Waals surface area contributed by atoms with E-state index in [4.69, 9.17) is 4.74 Å². The molecule has 0 aromatic heterocycles. The molecule has 1 unspecified atom stereocenters. The molecule has 0 amide bonds. The van der Waals surface area contributed by atoms with Crippen LogP contribution in [0.25, 0.3) is 0 Å². The lowest BCUT2D eigenvalue weighted by molar-refractivity contribution is -0.144. The number of hydrogen-bond donors (Lipinski definition) is 1. The summed E-state index contributed by atoms with van der Waals surface area (Å²) >= 11 is 0. The number of esters is 1. The number of nitrogens with one attached hydrogen (secondary N) is 1. The maximum absolute atomic E-state index is 12.0. The smallest absolute Gasteiger partial charge is 0.313 e. The average molecular weight is 270 g/mol. The van der Waals surface area contributed by atoms with E-state index in [1.54, 1.807) is 0 Å². The molecule has 1 aromatic carbocycles. The van der Waals surface area contributed by atoms with Crippen molar-refractivity contribution in [2.75, 3.05) is 20.2 Å². The van der Waals surface area contributed by atoms with E-state index in [1.165, 1.54) is 7.11 Å². The maximum atomic E-state index is 12.0. The molecule has 2 rings (SSSR count). The van der Waals surface area contributed by atoms with Crippen LogP contribution in [-0.4, -0.2) is 26.2 Å². The van der Waals surface area contributed by atoms with Crippen molar-refractivity contribution in [2.45, 2.75) is 18.8 Å². The standard InChI is InChI=1S/C14H19NO2.ClH/c1-17-14(16)13(11-5-3-2-4-6-11)12-7-9-15-10-8-12;/h2-6,12-13,15H,7-10H2,1H3;1H. The summed E-state index contributed by atoms with van der Waals surface area (Å²) in [4.78, 5) is 12.0. The Morgan fingerprint density at radius 2 is 1.89 bits per heavy atom. The van der Waals surface area contributed by atoms with Crippen molar-refractivity contribution < 1.29 is 9.53 Å². The Morgan fingerprint density at radius 1 is 1.28 bits per heavy atom. The van der Waals surface area contributed by atoms with Crippen LogP contribution in [0, 0.1) is 5.92 Å². The van der Waals surface area contributed by atoms with E-state index in [0.717, 1.165) is 31.5 Å². The van der Waals surface area contributed by atoms with Gasteiger partial charge in [-0.3, -0.25) is 4.79 Å². The second kappa shape index (κ2) is 7.39. The Kier molecular flexibility index (Phi) is 6.16. The summed E-state index contributed by atoms with van der Waals surface area (Å²) in [6, 6.07) is 9.96. The van der Waals surface area contributed by atoms with E-state index in [0.29, 0.717) is 5.92 Å². The third-order valence-corrected chi connectivity index (χ3v) is 3.47. The Hall–Kier alpha value is -1.06. The Balaban J connectivity index is 0.00000162. The van der Waals surface area contributed by atoms with Crippen molar-refractivity contribution in [3.05, 3.63) is 35.9 Å². The molecular formula is C14H20ClNO2. The molecule has 1 aliphatic rings. The number of rotatable bonds is 3. The summed E-state index contributed by atoms with van der Waals surface area (Å²) in [5.41, 5.74) is 1.08. The average Bonchev–Trinajstić information content (AvgIpc) is 2.41. The molecule has 1 atom stereocenters. The first-order valence-corrected chi connectivity index (χ1v) is 6.16. The zero-order valence-electron chi connectivity index (χ0n) is 10.6. The molecule has 1 heterocycles. The molecule has 0 bridgehead atoms. The summed E-state index contributed by atoms with van der Waals surface area (Å²) in [7, 11) is 1.47. The van der Waals surface area contributed by atoms with Crippen molar-refractivity contribution >= 4 is 18.4 Å². The van der Waals surface area contributed by atoms with Crippen LogP contribution in [0.1, 0.15) is 24.3 Å². The van der Waals surface area contributed by atoms with Gasteiger partial charge >= 0.3 is 5.97 Å². The minimum Gasteiger partial charge on any atom is -0.469 e.